The first kappa shape index (κ1) is 15.3. The van der Waals surface area contributed by atoms with Crippen molar-refractivity contribution in [1.29, 1.82) is 0 Å². The number of halogens is 1. The summed E-state index contributed by atoms with van der Waals surface area (Å²) in [5.41, 5.74) is 0.184. The topological polar surface area (TPSA) is 67.4 Å². The largest absolute Gasteiger partial charge is 0.444 e. The van der Waals surface area contributed by atoms with Gasteiger partial charge in [-0.3, -0.25) is 10.1 Å². The fraction of sp³-hybridized carbons (Fsp3) is 0.467. The zero-order valence-electron chi connectivity index (χ0n) is 12.3. The molecule has 1 saturated heterocycles. The summed E-state index contributed by atoms with van der Waals surface area (Å²) >= 11 is 0. The number of carbonyl (C=O) groups is 2. The van der Waals surface area contributed by atoms with Crippen molar-refractivity contribution in [3.8, 4) is 0 Å². The summed E-state index contributed by atoms with van der Waals surface area (Å²) in [6.45, 7) is 5.69. The SMILES string of the molecule is CC(C)(C)OC(=O)Nc1ccc(C2CNC(=O)C2)c(F)c1. The van der Waals surface area contributed by atoms with Crippen LogP contribution in [0, 0.1) is 5.82 Å². The molecule has 6 heteroatoms. The molecule has 0 bridgehead atoms. The molecule has 1 atom stereocenters. The number of carbonyl (C=O) groups excluding carboxylic acids is 2. The highest BCUT2D eigenvalue weighted by atomic mass is 19.1. The van der Waals surface area contributed by atoms with Crippen molar-refractivity contribution >= 4 is 17.7 Å². The summed E-state index contributed by atoms with van der Waals surface area (Å²) in [7, 11) is 0. The number of rotatable bonds is 2. The summed E-state index contributed by atoms with van der Waals surface area (Å²) in [5.74, 6) is -0.673. The van der Waals surface area contributed by atoms with E-state index in [0.717, 1.165) is 0 Å². The predicted molar refractivity (Wildman–Crippen MR) is 76.6 cm³/mol. The van der Waals surface area contributed by atoms with Crippen LogP contribution in [0.25, 0.3) is 0 Å². The average molecular weight is 294 g/mol. The number of hydrogen-bond acceptors (Lipinski definition) is 3. The smallest absolute Gasteiger partial charge is 0.412 e. The first-order valence-electron chi connectivity index (χ1n) is 6.81. The molecule has 1 aliphatic rings. The fourth-order valence-electron chi connectivity index (χ4n) is 2.18. The van der Waals surface area contributed by atoms with E-state index in [1.807, 2.05) is 0 Å². The van der Waals surface area contributed by atoms with Gasteiger partial charge in [-0.15, -0.1) is 0 Å². The van der Waals surface area contributed by atoms with Gasteiger partial charge in [-0.1, -0.05) is 6.07 Å². The van der Waals surface area contributed by atoms with Crippen LogP contribution >= 0.6 is 0 Å². The third kappa shape index (κ3) is 4.18. The maximum atomic E-state index is 14.1. The Morgan fingerprint density at radius 1 is 1.43 bits per heavy atom. The third-order valence-electron chi connectivity index (χ3n) is 3.06. The Labute approximate surface area is 122 Å². The lowest BCUT2D eigenvalue weighted by Gasteiger charge is -2.20. The molecule has 0 aromatic heterocycles. The van der Waals surface area contributed by atoms with Crippen LogP contribution in [0.2, 0.25) is 0 Å². The Kier molecular flexibility index (Phi) is 4.16. The minimum atomic E-state index is -0.632. The Morgan fingerprint density at radius 3 is 2.67 bits per heavy atom. The van der Waals surface area contributed by atoms with Crippen molar-refractivity contribution in [2.75, 3.05) is 11.9 Å². The van der Waals surface area contributed by atoms with Crippen molar-refractivity contribution < 1.29 is 18.7 Å². The van der Waals surface area contributed by atoms with Crippen LogP contribution in [0.3, 0.4) is 0 Å². The molecule has 21 heavy (non-hydrogen) atoms. The average Bonchev–Trinajstić information content (AvgIpc) is 2.73. The number of ether oxygens (including phenoxy) is 1. The lowest BCUT2D eigenvalue weighted by molar-refractivity contribution is -0.119. The molecule has 1 aromatic carbocycles. The molecule has 0 saturated carbocycles. The Hall–Kier alpha value is -2.11. The molecule has 1 heterocycles. The van der Waals surface area contributed by atoms with E-state index < -0.39 is 17.5 Å². The molecular weight excluding hydrogens is 275 g/mol. The minimum Gasteiger partial charge on any atom is -0.444 e. The molecule has 1 unspecified atom stereocenters. The number of benzene rings is 1. The van der Waals surface area contributed by atoms with E-state index in [0.29, 0.717) is 17.8 Å². The number of hydrogen-bond donors (Lipinski definition) is 2. The van der Waals surface area contributed by atoms with Gasteiger partial charge in [-0.2, -0.15) is 0 Å². The fourth-order valence-corrected chi connectivity index (χ4v) is 2.18. The van der Waals surface area contributed by atoms with Crippen molar-refractivity contribution in [3.05, 3.63) is 29.6 Å². The molecule has 5 nitrogen and oxygen atoms in total. The zero-order valence-corrected chi connectivity index (χ0v) is 12.3. The highest BCUT2D eigenvalue weighted by Crippen LogP contribution is 2.27. The first-order valence-corrected chi connectivity index (χ1v) is 6.81. The van der Waals surface area contributed by atoms with Crippen LogP contribution in [-0.2, 0) is 9.53 Å². The van der Waals surface area contributed by atoms with Gasteiger partial charge < -0.3 is 10.1 Å². The molecule has 1 aromatic rings. The predicted octanol–water partition coefficient (Wildman–Crippen LogP) is 2.78. The molecule has 2 rings (SSSR count). The Balaban J connectivity index is 2.05. The van der Waals surface area contributed by atoms with E-state index >= 15 is 0 Å². The summed E-state index contributed by atoms with van der Waals surface area (Å²) in [6.07, 6.45) is -0.345. The molecule has 2 amide bonds. The summed E-state index contributed by atoms with van der Waals surface area (Å²) < 4.78 is 19.2. The van der Waals surface area contributed by atoms with Gasteiger partial charge in [0, 0.05) is 24.6 Å². The van der Waals surface area contributed by atoms with E-state index in [-0.39, 0.29) is 18.2 Å². The molecule has 1 fully saturated rings. The van der Waals surface area contributed by atoms with Crippen LogP contribution in [0.4, 0.5) is 14.9 Å². The highest BCUT2D eigenvalue weighted by molar-refractivity contribution is 5.85. The van der Waals surface area contributed by atoms with Crippen molar-refractivity contribution in [1.82, 2.24) is 5.32 Å². The van der Waals surface area contributed by atoms with E-state index in [4.69, 9.17) is 4.74 Å². The van der Waals surface area contributed by atoms with Gasteiger partial charge in [-0.05, 0) is 38.5 Å². The monoisotopic (exact) mass is 294 g/mol. The van der Waals surface area contributed by atoms with Crippen LogP contribution in [-0.4, -0.2) is 24.1 Å². The van der Waals surface area contributed by atoms with E-state index in [1.165, 1.54) is 6.07 Å². The molecule has 114 valence electrons. The van der Waals surface area contributed by atoms with Gasteiger partial charge in [-0.25, -0.2) is 9.18 Å². The summed E-state index contributed by atoms with van der Waals surface area (Å²) in [6, 6.07) is 4.43. The van der Waals surface area contributed by atoms with E-state index in [2.05, 4.69) is 10.6 Å². The third-order valence-corrected chi connectivity index (χ3v) is 3.06. The first-order chi connectivity index (χ1) is 9.74. The second-order valence-electron chi connectivity index (χ2n) is 6.07. The molecule has 0 radical (unpaired) electrons. The molecular formula is C15H19FN2O3. The van der Waals surface area contributed by atoms with Crippen LogP contribution in [0.15, 0.2) is 18.2 Å². The molecule has 1 aliphatic heterocycles. The van der Waals surface area contributed by atoms with Gasteiger partial charge in [0.2, 0.25) is 5.91 Å². The van der Waals surface area contributed by atoms with Gasteiger partial charge in [0.15, 0.2) is 0 Å². The van der Waals surface area contributed by atoms with Crippen molar-refractivity contribution in [2.24, 2.45) is 0 Å². The lowest BCUT2D eigenvalue weighted by atomic mass is 9.97. The Morgan fingerprint density at radius 2 is 2.14 bits per heavy atom. The van der Waals surface area contributed by atoms with Gasteiger partial charge in [0.1, 0.15) is 11.4 Å². The van der Waals surface area contributed by atoms with Crippen LogP contribution in [0.1, 0.15) is 38.7 Å². The second kappa shape index (κ2) is 5.71. The molecule has 0 spiro atoms. The van der Waals surface area contributed by atoms with Gasteiger partial charge >= 0.3 is 6.09 Å². The summed E-state index contributed by atoms with van der Waals surface area (Å²) in [4.78, 5) is 22.8. The normalized spacial score (nSPS) is 18.3. The van der Waals surface area contributed by atoms with Crippen LogP contribution < -0.4 is 10.6 Å². The molecule has 0 aliphatic carbocycles. The van der Waals surface area contributed by atoms with Crippen LogP contribution in [0.5, 0.6) is 0 Å². The number of amides is 2. The van der Waals surface area contributed by atoms with Crippen molar-refractivity contribution in [2.45, 2.75) is 38.7 Å². The Bertz CT molecular complexity index is 567. The summed E-state index contributed by atoms with van der Waals surface area (Å²) in [5, 5.41) is 5.15. The molecule has 2 N–H and O–H groups in total. The van der Waals surface area contributed by atoms with E-state index in [1.54, 1.807) is 32.9 Å². The van der Waals surface area contributed by atoms with Gasteiger partial charge in [0.05, 0.1) is 0 Å². The standard InChI is InChI=1S/C15H19FN2O3/c1-15(2,3)21-14(20)18-10-4-5-11(12(16)7-10)9-6-13(19)17-8-9/h4-5,7,9H,6,8H2,1-3H3,(H,17,19)(H,18,20). The number of nitrogens with one attached hydrogen (secondary N) is 2. The van der Waals surface area contributed by atoms with Gasteiger partial charge in [0.25, 0.3) is 0 Å². The van der Waals surface area contributed by atoms with Crippen molar-refractivity contribution in [3.63, 3.8) is 0 Å². The minimum absolute atomic E-state index is 0.0737. The second-order valence-corrected chi connectivity index (χ2v) is 6.07. The van der Waals surface area contributed by atoms with E-state index in [9.17, 15) is 14.0 Å². The lowest BCUT2D eigenvalue weighted by Crippen LogP contribution is -2.27. The number of anilines is 1. The maximum absolute atomic E-state index is 14.1. The zero-order chi connectivity index (χ0) is 15.6. The maximum Gasteiger partial charge on any atom is 0.412 e. The highest BCUT2D eigenvalue weighted by Gasteiger charge is 2.25. The quantitative estimate of drug-likeness (QED) is 0.881.